The van der Waals surface area contributed by atoms with Crippen molar-refractivity contribution in [3.05, 3.63) is 47.5 Å². The third kappa shape index (κ3) is 3.87. The molecule has 1 aromatic carbocycles. The van der Waals surface area contributed by atoms with Gasteiger partial charge in [-0.15, -0.1) is 0 Å². The lowest BCUT2D eigenvalue weighted by atomic mass is 10.2. The largest absolute Gasteiger partial charge is 0.326 e. The minimum atomic E-state index is -3.90. The first kappa shape index (κ1) is 15.6. The average molecular weight is 312 g/mol. The number of nitrogens with two attached hydrogens (primary N) is 1. The Kier molecular flexibility index (Phi) is 4.71. The van der Waals surface area contributed by atoms with Crippen LogP contribution < -0.4 is 10.5 Å². The number of nitrogens with one attached hydrogen (secondary N) is 1. The van der Waals surface area contributed by atoms with Gasteiger partial charge in [0, 0.05) is 32.8 Å². The molecule has 0 spiro atoms. The predicted molar refractivity (Wildman–Crippen MR) is 76.4 cm³/mol. The summed E-state index contributed by atoms with van der Waals surface area (Å²) >= 11 is 0. The van der Waals surface area contributed by atoms with E-state index >= 15 is 0 Å². The third-order valence-corrected chi connectivity index (χ3v) is 4.44. The lowest BCUT2D eigenvalue weighted by Gasteiger charge is -2.08. The second-order valence-corrected chi connectivity index (χ2v) is 6.33. The highest BCUT2D eigenvalue weighted by Gasteiger charge is 2.19. The van der Waals surface area contributed by atoms with Crippen molar-refractivity contribution >= 4 is 10.0 Å². The molecule has 0 aliphatic rings. The summed E-state index contributed by atoms with van der Waals surface area (Å²) in [4.78, 5) is -0.383. The van der Waals surface area contributed by atoms with Gasteiger partial charge in [-0.25, -0.2) is 17.5 Å². The molecule has 1 aromatic heterocycles. The van der Waals surface area contributed by atoms with E-state index in [0.717, 1.165) is 11.8 Å². The van der Waals surface area contributed by atoms with Crippen LogP contribution in [0.2, 0.25) is 0 Å². The molecule has 0 bridgehead atoms. The second kappa shape index (κ2) is 6.33. The van der Waals surface area contributed by atoms with E-state index in [2.05, 4.69) is 9.82 Å². The van der Waals surface area contributed by atoms with Crippen LogP contribution in [0.4, 0.5) is 4.39 Å². The normalized spacial score (nSPS) is 11.8. The average Bonchev–Trinajstić information content (AvgIpc) is 2.84. The first-order valence-corrected chi connectivity index (χ1v) is 7.87. The summed E-state index contributed by atoms with van der Waals surface area (Å²) in [5.41, 5.74) is 6.76. The Balaban J connectivity index is 2.07. The number of benzene rings is 1. The first-order chi connectivity index (χ1) is 9.92. The molecule has 0 fully saturated rings. The van der Waals surface area contributed by atoms with Crippen LogP contribution in [-0.2, 0) is 30.0 Å². The fourth-order valence-electron chi connectivity index (χ4n) is 1.87. The number of nitrogens with zero attached hydrogens (tertiary/aromatic N) is 2. The zero-order valence-corrected chi connectivity index (χ0v) is 12.4. The van der Waals surface area contributed by atoms with E-state index in [-0.39, 0.29) is 18.0 Å². The van der Waals surface area contributed by atoms with Gasteiger partial charge in [0.1, 0.15) is 10.7 Å². The molecule has 0 aliphatic heterocycles. The molecule has 0 unspecified atom stereocenters. The molecule has 21 heavy (non-hydrogen) atoms. The number of sulfonamides is 1. The van der Waals surface area contributed by atoms with Crippen molar-refractivity contribution in [1.82, 2.24) is 14.5 Å². The first-order valence-electron chi connectivity index (χ1n) is 6.39. The maximum Gasteiger partial charge on any atom is 0.243 e. The Hall–Kier alpha value is -1.77. The summed E-state index contributed by atoms with van der Waals surface area (Å²) in [6, 6.07) is 5.61. The number of aryl methyl sites for hydroxylation is 1. The minimum absolute atomic E-state index is 0.144. The molecule has 8 heteroatoms. The van der Waals surface area contributed by atoms with Crippen molar-refractivity contribution in [2.45, 2.75) is 17.9 Å². The monoisotopic (exact) mass is 312 g/mol. The zero-order valence-electron chi connectivity index (χ0n) is 11.6. The van der Waals surface area contributed by atoms with Gasteiger partial charge in [-0.05, 0) is 23.8 Å². The van der Waals surface area contributed by atoms with E-state index in [1.165, 1.54) is 12.1 Å². The Morgan fingerprint density at radius 2 is 2.14 bits per heavy atom. The van der Waals surface area contributed by atoms with Gasteiger partial charge in [0.15, 0.2) is 0 Å². The highest BCUT2D eigenvalue weighted by atomic mass is 32.2. The zero-order chi connectivity index (χ0) is 15.5. The van der Waals surface area contributed by atoms with Crippen LogP contribution in [0.25, 0.3) is 0 Å². The number of hydrogen-bond acceptors (Lipinski definition) is 4. The quantitative estimate of drug-likeness (QED) is 0.814. The Labute approximate surface area is 122 Å². The molecule has 2 aromatic rings. The molecule has 0 saturated heterocycles. The summed E-state index contributed by atoms with van der Waals surface area (Å²) in [7, 11) is -2.12. The molecule has 0 aliphatic carbocycles. The number of rotatable bonds is 6. The molecule has 0 radical (unpaired) electrons. The van der Waals surface area contributed by atoms with E-state index in [0.29, 0.717) is 12.0 Å². The van der Waals surface area contributed by atoms with Crippen LogP contribution in [0.5, 0.6) is 0 Å². The van der Waals surface area contributed by atoms with Crippen LogP contribution in [-0.4, -0.2) is 24.7 Å². The molecule has 3 N–H and O–H groups in total. The fraction of sp³-hybridized carbons (Fsp3) is 0.308. The van der Waals surface area contributed by atoms with Crippen molar-refractivity contribution in [1.29, 1.82) is 0 Å². The van der Waals surface area contributed by atoms with E-state index in [1.54, 1.807) is 24.0 Å². The Bertz CT molecular complexity index is 728. The molecular weight excluding hydrogens is 295 g/mol. The molecule has 0 amide bonds. The van der Waals surface area contributed by atoms with Crippen molar-refractivity contribution in [2.24, 2.45) is 12.8 Å². The van der Waals surface area contributed by atoms with Gasteiger partial charge in [0.2, 0.25) is 10.0 Å². The Morgan fingerprint density at radius 1 is 1.38 bits per heavy atom. The molecule has 6 nitrogen and oxygen atoms in total. The summed E-state index contributed by atoms with van der Waals surface area (Å²) < 4.78 is 41.9. The predicted octanol–water partition coefficient (Wildman–Crippen LogP) is 0.539. The van der Waals surface area contributed by atoms with Crippen molar-refractivity contribution in [3.63, 3.8) is 0 Å². The van der Waals surface area contributed by atoms with E-state index in [1.807, 2.05) is 0 Å². The van der Waals surface area contributed by atoms with E-state index in [4.69, 9.17) is 5.73 Å². The van der Waals surface area contributed by atoms with Gasteiger partial charge in [0.25, 0.3) is 0 Å². The fourth-order valence-corrected chi connectivity index (χ4v) is 3.03. The number of halogens is 1. The summed E-state index contributed by atoms with van der Waals surface area (Å²) in [5.74, 6) is -0.794. The van der Waals surface area contributed by atoms with Crippen molar-refractivity contribution in [3.8, 4) is 0 Å². The molecule has 2 rings (SSSR count). The summed E-state index contributed by atoms with van der Waals surface area (Å²) in [5, 5.41) is 4.14. The van der Waals surface area contributed by atoms with E-state index < -0.39 is 15.8 Å². The molecular formula is C13H17FN4O2S. The second-order valence-electron chi connectivity index (χ2n) is 4.60. The van der Waals surface area contributed by atoms with Gasteiger partial charge in [0.05, 0.1) is 5.69 Å². The van der Waals surface area contributed by atoms with Crippen LogP contribution in [0.15, 0.2) is 35.4 Å². The maximum absolute atomic E-state index is 13.7. The van der Waals surface area contributed by atoms with Gasteiger partial charge in [-0.1, -0.05) is 6.07 Å². The minimum Gasteiger partial charge on any atom is -0.326 e. The smallest absolute Gasteiger partial charge is 0.243 e. The lowest BCUT2D eigenvalue weighted by molar-refractivity contribution is 0.556. The standard InChI is InChI=1S/C13H17FN4O2S/c1-18-7-5-11(17-18)4-6-16-21(19,20)13-8-10(9-15)2-3-12(13)14/h2-3,5,7-8,16H,4,6,9,15H2,1H3. The van der Waals surface area contributed by atoms with Gasteiger partial charge in [-0.2, -0.15) is 5.10 Å². The van der Waals surface area contributed by atoms with Crippen LogP contribution in [0, 0.1) is 5.82 Å². The van der Waals surface area contributed by atoms with Crippen molar-refractivity contribution < 1.29 is 12.8 Å². The highest BCUT2D eigenvalue weighted by molar-refractivity contribution is 7.89. The summed E-state index contributed by atoms with van der Waals surface area (Å²) in [6.07, 6.45) is 2.20. The molecule has 1 heterocycles. The third-order valence-electron chi connectivity index (χ3n) is 2.96. The van der Waals surface area contributed by atoms with E-state index in [9.17, 15) is 12.8 Å². The lowest BCUT2D eigenvalue weighted by Crippen LogP contribution is -2.27. The van der Waals surface area contributed by atoms with Crippen LogP contribution >= 0.6 is 0 Å². The molecule has 0 saturated carbocycles. The SMILES string of the molecule is Cn1ccc(CCNS(=O)(=O)c2cc(CN)ccc2F)n1. The Morgan fingerprint density at radius 3 is 2.76 bits per heavy atom. The number of hydrogen-bond donors (Lipinski definition) is 2. The number of aromatic nitrogens is 2. The molecule has 0 atom stereocenters. The highest BCUT2D eigenvalue weighted by Crippen LogP contribution is 2.16. The summed E-state index contributed by atoms with van der Waals surface area (Å²) in [6.45, 7) is 0.294. The topological polar surface area (TPSA) is 90.0 Å². The van der Waals surface area contributed by atoms with Crippen LogP contribution in [0.1, 0.15) is 11.3 Å². The van der Waals surface area contributed by atoms with Gasteiger partial charge < -0.3 is 5.73 Å². The van der Waals surface area contributed by atoms with Crippen LogP contribution in [0.3, 0.4) is 0 Å². The van der Waals surface area contributed by atoms with Gasteiger partial charge >= 0.3 is 0 Å². The maximum atomic E-state index is 13.7. The van der Waals surface area contributed by atoms with Gasteiger partial charge in [-0.3, -0.25) is 4.68 Å². The van der Waals surface area contributed by atoms with Crippen molar-refractivity contribution in [2.75, 3.05) is 6.54 Å². The molecule has 114 valence electrons.